The van der Waals surface area contributed by atoms with Gasteiger partial charge >= 0.3 is 0 Å². The van der Waals surface area contributed by atoms with Gasteiger partial charge in [0.25, 0.3) is 0 Å². The first-order chi connectivity index (χ1) is 14.9. The number of carbonyl (C=O) groups excluding carboxylic acids is 2. The number of ether oxygens (including phenoxy) is 2. The SMILES string of the molecule is COc1cc(NC(=O)CN2CCN(C(=O)Cc3ccccc3C)CC2)c(OC)cc1Cl. The molecule has 0 aliphatic carbocycles. The molecule has 166 valence electrons. The van der Waals surface area contributed by atoms with Crippen LogP contribution in [-0.2, 0) is 16.0 Å². The van der Waals surface area contributed by atoms with Crippen molar-refractivity contribution in [2.45, 2.75) is 13.3 Å². The Morgan fingerprint density at radius 1 is 1.03 bits per heavy atom. The van der Waals surface area contributed by atoms with Gasteiger partial charge in [-0.2, -0.15) is 0 Å². The molecule has 1 aliphatic heterocycles. The van der Waals surface area contributed by atoms with Gasteiger partial charge in [-0.1, -0.05) is 35.9 Å². The number of hydrogen-bond acceptors (Lipinski definition) is 5. The third-order valence-corrected chi connectivity index (χ3v) is 5.74. The molecule has 0 aromatic heterocycles. The van der Waals surface area contributed by atoms with Crippen molar-refractivity contribution in [3.8, 4) is 11.5 Å². The molecular formula is C23H28ClN3O4. The Morgan fingerprint density at radius 3 is 2.35 bits per heavy atom. The summed E-state index contributed by atoms with van der Waals surface area (Å²) in [6.07, 6.45) is 0.408. The lowest BCUT2D eigenvalue weighted by Gasteiger charge is -2.34. The number of benzene rings is 2. The highest BCUT2D eigenvalue weighted by Gasteiger charge is 2.23. The number of amides is 2. The van der Waals surface area contributed by atoms with Crippen molar-refractivity contribution in [2.24, 2.45) is 0 Å². The Hall–Kier alpha value is -2.77. The first kappa shape index (κ1) is 22.9. The molecule has 0 bridgehead atoms. The second kappa shape index (κ2) is 10.5. The zero-order valence-electron chi connectivity index (χ0n) is 18.1. The largest absolute Gasteiger partial charge is 0.495 e. The standard InChI is InChI=1S/C23H28ClN3O4/c1-16-6-4-5-7-17(16)12-23(29)27-10-8-26(9-11-27)15-22(28)25-19-14-20(30-2)18(24)13-21(19)31-3/h4-7,13-14H,8-12,15H2,1-3H3,(H,25,28). The zero-order chi connectivity index (χ0) is 22.4. The molecule has 0 radical (unpaired) electrons. The third-order valence-electron chi connectivity index (χ3n) is 5.44. The number of anilines is 1. The molecular weight excluding hydrogens is 418 g/mol. The lowest BCUT2D eigenvalue weighted by Crippen LogP contribution is -2.50. The average molecular weight is 446 g/mol. The zero-order valence-corrected chi connectivity index (χ0v) is 18.9. The van der Waals surface area contributed by atoms with Crippen LogP contribution in [0.4, 0.5) is 5.69 Å². The average Bonchev–Trinajstić information content (AvgIpc) is 2.76. The van der Waals surface area contributed by atoms with Gasteiger partial charge in [0.05, 0.1) is 37.9 Å². The summed E-state index contributed by atoms with van der Waals surface area (Å²) in [7, 11) is 3.03. The fourth-order valence-electron chi connectivity index (χ4n) is 3.59. The van der Waals surface area contributed by atoms with Gasteiger partial charge in [-0.25, -0.2) is 0 Å². The van der Waals surface area contributed by atoms with Crippen molar-refractivity contribution in [1.82, 2.24) is 9.80 Å². The first-order valence-electron chi connectivity index (χ1n) is 10.2. The maximum absolute atomic E-state index is 12.6. The first-order valence-corrected chi connectivity index (χ1v) is 10.5. The minimum atomic E-state index is -0.164. The number of nitrogens with one attached hydrogen (secondary N) is 1. The van der Waals surface area contributed by atoms with Crippen LogP contribution in [0.15, 0.2) is 36.4 Å². The monoisotopic (exact) mass is 445 g/mol. The van der Waals surface area contributed by atoms with Crippen LogP contribution in [0.25, 0.3) is 0 Å². The molecule has 1 saturated heterocycles. The Bertz CT molecular complexity index is 942. The summed E-state index contributed by atoms with van der Waals surface area (Å²) < 4.78 is 10.5. The van der Waals surface area contributed by atoms with E-state index in [1.165, 1.54) is 14.2 Å². The number of hydrogen-bond donors (Lipinski definition) is 1. The Kier molecular flexibility index (Phi) is 7.76. The number of methoxy groups -OCH3 is 2. The Balaban J connectivity index is 1.51. The molecule has 1 N–H and O–H groups in total. The normalized spacial score (nSPS) is 14.3. The van der Waals surface area contributed by atoms with Gasteiger partial charge in [0.1, 0.15) is 11.5 Å². The van der Waals surface area contributed by atoms with Gasteiger partial charge in [0.2, 0.25) is 11.8 Å². The van der Waals surface area contributed by atoms with Crippen molar-refractivity contribution in [3.63, 3.8) is 0 Å². The molecule has 2 aromatic rings. The maximum atomic E-state index is 12.6. The molecule has 0 spiro atoms. The van der Waals surface area contributed by atoms with E-state index >= 15 is 0 Å². The van der Waals surface area contributed by atoms with E-state index in [1.54, 1.807) is 12.1 Å². The highest BCUT2D eigenvalue weighted by atomic mass is 35.5. The van der Waals surface area contributed by atoms with Crippen molar-refractivity contribution >= 4 is 29.1 Å². The second-order valence-electron chi connectivity index (χ2n) is 7.50. The van der Waals surface area contributed by atoms with Crippen molar-refractivity contribution < 1.29 is 19.1 Å². The van der Waals surface area contributed by atoms with E-state index in [1.807, 2.05) is 41.0 Å². The molecule has 0 saturated carbocycles. The van der Waals surface area contributed by atoms with Crippen LogP contribution in [0, 0.1) is 6.92 Å². The highest BCUT2D eigenvalue weighted by molar-refractivity contribution is 6.32. The molecule has 2 aromatic carbocycles. The smallest absolute Gasteiger partial charge is 0.238 e. The van der Waals surface area contributed by atoms with Crippen LogP contribution in [0.5, 0.6) is 11.5 Å². The second-order valence-corrected chi connectivity index (χ2v) is 7.90. The van der Waals surface area contributed by atoms with Crippen LogP contribution >= 0.6 is 11.6 Å². The van der Waals surface area contributed by atoms with E-state index in [2.05, 4.69) is 5.32 Å². The summed E-state index contributed by atoms with van der Waals surface area (Å²) in [6.45, 7) is 4.76. The van der Waals surface area contributed by atoms with Crippen LogP contribution in [-0.4, -0.2) is 68.6 Å². The number of piperazine rings is 1. The van der Waals surface area contributed by atoms with Crippen LogP contribution in [0.1, 0.15) is 11.1 Å². The van der Waals surface area contributed by atoms with Crippen molar-refractivity contribution in [1.29, 1.82) is 0 Å². The molecule has 7 nitrogen and oxygen atoms in total. The van der Waals surface area contributed by atoms with Crippen LogP contribution in [0.2, 0.25) is 5.02 Å². The summed E-state index contributed by atoms with van der Waals surface area (Å²) in [5.74, 6) is 0.878. The molecule has 3 rings (SSSR count). The third kappa shape index (κ3) is 5.89. The van der Waals surface area contributed by atoms with Gasteiger partial charge in [0, 0.05) is 38.3 Å². The van der Waals surface area contributed by atoms with E-state index in [4.69, 9.17) is 21.1 Å². The number of carbonyl (C=O) groups is 2. The van der Waals surface area contributed by atoms with Crippen LogP contribution in [0.3, 0.4) is 0 Å². The quantitative estimate of drug-likeness (QED) is 0.709. The fourth-order valence-corrected chi connectivity index (χ4v) is 3.82. The van der Waals surface area contributed by atoms with Gasteiger partial charge < -0.3 is 19.7 Å². The van der Waals surface area contributed by atoms with Gasteiger partial charge in [-0.15, -0.1) is 0 Å². The molecule has 0 atom stereocenters. The lowest BCUT2D eigenvalue weighted by atomic mass is 10.1. The van der Waals surface area contributed by atoms with Gasteiger partial charge in [0.15, 0.2) is 0 Å². The summed E-state index contributed by atoms with van der Waals surface area (Å²) in [4.78, 5) is 29.1. The molecule has 2 amide bonds. The van der Waals surface area contributed by atoms with E-state index in [0.29, 0.717) is 54.8 Å². The highest BCUT2D eigenvalue weighted by Crippen LogP contribution is 2.35. The van der Waals surface area contributed by atoms with E-state index in [9.17, 15) is 9.59 Å². The molecule has 8 heteroatoms. The van der Waals surface area contributed by atoms with Crippen molar-refractivity contribution in [2.75, 3.05) is 52.3 Å². The molecule has 1 aliphatic rings. The van der Waals surface area contributed by atoms with Crippen LogP contribution < -0.4 is 14.8 Å². The van der Waals surface area contributed by atoms with Gasteiger partial charge in [-0.3, -0.25) is 14.5 Å². The summed E-state index contributed by atoms with van der Waals surface area (Å²) in [5.41, 5.74) is 2.68. The fraction of sp³-hybridized carbons (Fsp3) is 0.391. The number of nitrogens with zero attached hydrogens (tertiary/aromatic N) is 2. The maximum Gasteiger partial charge on any atom is 0.238 e. The molecule has 1 heterocycles. The summed E-state index contributed by atoms with van der Waals surface area (Å²) in [6, 6.07) is 11.2. The van der Waals surface area contributed by atoms with E-state index in [0.717, 1.165) is 11.1 Å². The number of halogens is 1. The molecule has 31 heavy (non-hydrogen) atoms. The summed E-state index contributed by atoms with van der Waals surface area (Å²) in [5, 5.41) is 3.27. The minimum absolute atomic E-state index is 0.122. The molecule has 1 fully saturated rings. The number of rotatable bonds is 7. The minimum Gasteiger partial charge on any atom is -0.495 e. The summed E-state index contributed by atoms with van der Waals surface area (Å²) >= 11 is 6.11. The Morgan fingerprint density at radius 2 is 1.71 bits per heavy atom. The van der Waals surface area contributed by atoms with Gasteiger partial charge in [-0.05, 0) is 18.1 Å². The van der Waals surface area contributed by atoms with E-state index in [-0.39, 0.29) is 18.4 Å². The lowest BCUT2D eigenvalue weighted by molar-refractivity contribution is -0.132. The van der Waals surface area contributed by atoms with Crippen molar-refractivity contribution in [3.05, 3.63) is 52.5 Å². The topological polar surface area (TPSA) is 71.1 Å². The number of aryl methyl sites for hydroxylation is 1. The predicted octanol–water partition coefficient (Wildman–Crippen LogP) is 2.99. The predicted molar refractivity (Wildman–Crippen MR) is 121 cm³/mol. The van der Waals surface area contributed by atoms with E-state index < -0.39 is 0 Å². The molecule has 0 unspecified atom stereocenters. The Labute approximate surface area is 187 Å².